The predicted octanol–water partition coefficient (Wildman–Crippen LogP) is 3.60. The number of hydrogen-bond donors (Lipinski definition) is 1. The van der Waals surface area contributed by atoms with Crippen molar-refractivity contribution in [2.45, 2.75) is 12.6 Å². The summed E-state index contributed by atoms with van der Waals surface area (Å²) >= 11 is 6.35. The van der Waals surface area contributed by atoms with Crippen molar-refractivity contribution < 1.29 is 9.90 Å². The predicted molar refractivity (Wildman–Crippen MR) is 100 cm³/mol. The lowest BCUT2D eigenvalue weighted by Crippen LogP contribution is -2.25. The molecule has 2 aromatic carbocycles. The lowest BCUT2D eigenvalue weighted by atomic mass is 10.1. The van der Waals surface area contributed by atoms with Crippen LogP contribution < -0.4 is 0 Å². The minimum Gasteiger partial charge on any atom is -0.478 e. The molecule has 0 amide bonds. The van der Waals surface area contributed by atoms with Gasteiger partial charge in [-0.1, -0.05) is 47.1 Å². The van der Waals surface area contributed by atoms with Crippen LogP contribution in [-0.2, 0) is 6.54 Å². The van der Waals surface area contributed by atoms with Crippen molar-refractivity contribution in [3.05, 3.63) is 70.9 Å². The molecule has 0 aliphatic rings. The summed E-state index contributed by atoms with van der Waals surface area (Å²) in [6.07, 6.45) is 1.85. The van der Waals surface area contributed by atoms with Gasteiger partial charge < -0.3 is 10.0 Å². The number of aromatic nitrogens is 3. The fourth-order valence-electron chi connectivity index (χ4n) is 2.77. The average Bonchev–Trinajstić information content (AvgIpc) is 3.09. The Bertz CT molecular complexity index is 906. The molecule has 0 radical (unpaired) electrons. The Balaban J connectivity index is 1.82. The summed E-state index contributed by atoms with van der Waals surface area (Å²) in [6, 6.07) is 14.4. The normalized spacial score (nSPS) is 12.3. The topological polar surface area (TPSA) is 71.2 Å². The summed E-state index contributed by atoms with van der Waals surface area (Å²) in [7, 11) is 3.99. The fraction of sp³-hybridized carbons (Fsp3) is 0.211. The highest BCUT2D eigenvalue weighted by molar-refractivity contribution is 6.31. The first-order valence-corrected chi connectivity index (χ1v) is 8.48. The number of rotatable bonds is 6. The lowest BCUT2D eigenvalue weighted by Gasteiger charge is -2.25. The van der Waals surface area contributed by atoms with E-state index < -0.39 is 5.97 Å². The second kappa shape index (κ2) is 7.68. The molecule has 134 valence electrons. The molecule has 0 saturated heterocycles. The second-order valence-corrected chi connectivity index (χ2v) is 6.62. The van der Waals surface area contributed by atoms with Crippen LogP contribution in [0.25, 0.3) is 11.3 Å². The summed E-state index contributed by atoms with van der Waals surface area (Å²) in [4.78, 5) is 13.0. The van der Waals surface area contributed by atoms with Crippen molar-refractivity contribution in [1.29, 1.82) is 0 Å². The zero-order chi connectivity index (χ0) is 18.7. The van der Waals surface area contributed by atoms with E-state index in [9.17, 15) is 4.79 Å². The van der Waals surface area contributed by atoms with Gasteiger partial charge in [-0.2, -0.15) is 0 Å². The molecule has 1 unspecified atom stereocenters. The van der Waals surface area contributed by atoms with Gasteiger partial charge in [-0.05, 0) is 37.9 Å². The Kier molecular flexibility index (Phi) is 5.35. The molecule has 1 N–H and O–H groups in total. The van der Waals surface area contributed by atoms with E-state index in [1.165, 1.54) is 0 Å². The van der Waals surface area contributed by atoms with Crippen LogP contribution in [0.2, 0.25) is 5.02 Å². The molecule has 0 spiro atoms. The molecule has 0 bridgehead atoms. The van der Waals surface area contributed by atoms with Crippen molar-refractivity contribution in [1.82, 2.24) is 19.9 Å². The Morgan fingerprint density at radius 2 is 1.88 bits per heavy atom. The molecule has 0 fully saturated rings. The molecule has 6 nitrogen and oxygen atoms in total. The number of carboxylic acids is 1. The monoisotopic (exact) mass is 370 g/mol. The van der Waals surface area contributed by atoms with Crippen LogP contribution in [0.15, 0.2) is 54.7 Å². The number of nitrogens with zero attached hydrogens (tertiary/aromatic N) is 4. The van der Waals surface area contributed by atoms with E-state index in [0.717, 1.165) is 16.1 Å². The Labute approximate surface area is 156 Å². The minimum atomic E-state index is -0.950. The largest absolute Gasteiger partial charge is 0.478 e. The molecule has 1 aromatic heterocycles. The number of likely N-dealkylation sites (N-methyl/N-ethyl adjacent to an activating group) is 1. The van der Waals surface area contributed by atoms with Gasteiger partial charge in [0.2, 0.25) is 0 Å². The van der Waals surface area contributed by atoms with Gasteiger partial charge in [0.1, 0.15) is 5.69 Å². The van der Waals surface area contributed by atoms with Crippen molar-refractivity contribution in [2.24, 2.45) is 0 Å². The Morgan fingerprint density at radius 1 is 1.19 bits per heavy atom. The molecular formula is C19H19ClN4O2. The second-order valence-electron chi connectivity index (χ2n) is 6.21. The maximum absolute atomic E-state index is 11.0. The van der Waals surface area contributed by atoms with Gasteiger partial charge in [-0.25, -0.2) is 9.48 Å². The molecule has 3 aromatic rings. The molecule has 3 rings (SSSR count). The molecule has 7 heteroatoms. The SMILES string of the molecule is CN(C)C(Cn1cc(-c2ccc(C(=O)O)cc2)nn1)c1ccccc1Cl. The number of benzene rings is 2. The van der Waals surface area contributed by atoms with E-state index in [1.807, 2.05) is 44.6 Å². The fourth-order valence-corrected chi connectivity index (χ4v) is 3.03. The highest BCUT2D eigenvalue weighted by Gasteiger charge is 2.18. The summed E-state index contributed by atoms with van der Waals surface area (Å²) in [5.74, 6) is -0.950. The molecule has 1 atom stereocenters. The Hall–Kier alpha value is -2.70. The quantitative estimate of drug-likeness (QED) is 0.717. The minimum absolute atomic E-state index is 0.0487. The van der Waals surface area contributed by atoms with Gasteiger partial charge >= 0.3 is 5.97 Å². The van der Waals surface area contributed by atoms with E-state index in [4.69, 9.17) is 16.7 Å². The maximum Gasteiger partial charge on any atom is 0.335 e. The third-order valence-electron chi connectivity index (χ3n) is 4.21. The third-order valence-corrected chi connectivity index (χ3v) is 4.56. The van der Waals surface area contributed by atoms with Crippen molar-refractivity contribution >= 4 is 17.6 Å². The molecule has 0 aliphatic heterocycles. The van der Waals surface area contributed by atoms with Crippen LogP contribution in [0, 0.1) is 0 Å². The standard InChI is InChI=1S/C19H19ClN4O2/c1-23(2)18(15-5-3-4-6-16(15)20)12-24-11-17(21-22-24)13-7-9-14(10-8-13)19(25)26/h3-11,18H,12H2,1-2H3,(H,25,26). The van der Waals surface area contributed by atoms with Crippen LogP contribution in [0.5, 0.6) is 0 Å². The van der Waals surface area contributed by atoms with Crippen LogP contribution >= 0.6 is 11.6 Å². The molecule has 1 heterocycles. The first-order chi connectivity index (χ1) is 12.5. The highest BCUT2D eigenvalue weighted by Crippen LogP contribution is 2.27. The lowest BCUT2D eigenvalue weighted by molar-refractivity contribution is 0.0697. The first-order valence-electron chi connectivity index (χ1n) is 8.10. The average molecular weight is 371 g/mol. The number of halogens is 1. The van der Waals surface area contributed by atoms with E-state index >= 15 is 0 Å². The van der Waals surface area contributed by atoms with Crippen molar-refractivity contribution in [3.63, 3.8) is 0 Å². The zero-order valence-corrected chi connectivity index (χ0v) is 15.3. The smallest absolute Gasteiger partial charge is 0.335 e. The molecular weight excluding hydrogens is 352 g/mol. The molecule has 0 aliphatic carbocycles. The van der Waals surface area contributed by atoms with E-state index in [-0.39, 0.29) is 11.6 Å². The maximum atomic E-state index is 11.0. The van der Waals surface area contributed by atoms with E-state index in [0.29, 0.717) is 12.2 Å². The number of carboxylic acid groups (broad SMARTS) is 1. The van der Waals surface area contributed by atoms with Gasteiger partial charge in [0.05, 0.1) is 24.3 Å². The van der Waals surface area contributed by atoms with Crippen molar-refractivity contribution in [3.8, 4) is 11.3 Å². The first kappa shape index (κ1) is 18.1. The molecule has 0 saturated carbocycles. The van der Waals surface area contributed by atoms with Gasteiger partial charge in [0.15, 0.2) is 0 Å². The van der Waals surface area contributed by atoms with Gasteiger partial charge in [-0.15, -0.1) is 5.10 Å². The number of hydrogen-bond acceptors (Lipinski definition) is 4. The van der Waals surface area contributed by atoms with Crippen LogP contribution in [0.4, 0.5) is 0 Å². The van der Waals surface area contributed by atoms with Crippen molar-refractivity contribution in [2.75, 3.05) is 14.1 Å². The van der Waals surface area contributed by atoms with Crippen LogP contribution in [0.3, 0.4) is 0 Å². The summed E-state index contributed by atoms with van der Waals surface area (Å²) in [6.45, 7) is 0.594. The highest BCUT2D eigenvalue weighted by atomic mass is 35.5. The van der Waals surface area contributed by atoms with Crippen LogP contribution in [0.1, 0.15) is 22.0 Å². The number of carbonyl (C=O) groups is 1. The summed E-state index contributed by atoms with van der Waals surface area (Å²) in [5.41, 5.74) is 2.79. The Morgan fingerprint density at radius 3 is 2.50 bits per heavy atom. The summed E-state index contributed by atoms with van der Waals surface area (Å²) in [5, 5.41) is 18.1. The van der Waals surface area contributed by atoms with Gasteiger partial charge in [0, 0.05) is 10.6 Å². The number of aromatic carboxylic acids is 1. The van der Waals surface area contributed by atoms with E-state index in [2.05, 4.69) is 15.2 Å². The van der Waals surface area contributed by atoms with Gasteiger partial charge in [0.25, 0.3) is 0 Å². The van der Waals surface area contributed by atoms with Crippen LogP contribution in [-0.4, -0.2) is 45.1 Å². The summed E-state index contributed by atoms with van der Waals surface area (Å²) < 4.78 is 1.77. The zero-order valence-electron chi connectivity index (χ0n) is 14.5. The third kappa shape index (κ3) is 3.92. The van der Waals surface area contributed by atoms with Gasteiger partial charge in [-0.3, -0.25) is 0 Å². The molecule has 26 heavy (non-hydrogen) atoms. The van der Waals surface area contributed by atoms with E-state index in [1.54, 1.807) is 28.9 Å².